The molecule has 0 atom stereocenters. The summed E-state index contributed by atoms with van der Waals surface area (Å²) in [4.78, 5) is 14.6. The molecule has 0 unspecified atom stereocenters. The zero-order chi connectivity index (χ0) is 12.3. The van der Waals surface area contributed by atoms with Crippen LogP contribution in [0.15, 0.2) is 34.1 Å². The van der Waals surface area contributed by atoms with E-state index in [1.165, 1.54) is 16.7 Å². The van der Waals surface area contributed by atoms with Crippen molar-refractivity contribution in [1.29, 1.82) is 0 Å². The van der Waals surface area contributed by atoms with Crippen molar-refractivity contribution in [1.82, 2.24) is 4.98 Å². The molecule has 0 radical (unpaired) electrons. The first-order valence-electron chi connectivity index (χ1n) is 4.83. The lowest BCUT2D eigenvalue weighted by molar-refractivity contribution is 0.0691. The molecule has 1 heterocycles. The standard InChI is InChI=1S/C11H9BrN2O2S/c12-8-4-2-1-3-7(8)5-13-11-14-9(6-17-11)10(15)16/h1-4,6H,5H2,(H,13,14)(H,15,16). The summed E-state index contributed by atoms with van der Waals surface area (Å²) in [7, 11) is 0. The average molecular weight is 313 g/mol. The Morgan fingerprint density at radius 3 is 2.88 bits per heavy atom. The summed E-state index contributed by atoms with van der Waals surface area (Å²) in [6.45, 7) is 0.605. The number of hydrogen-bond acceptors (Lipinski definition) is 4. The minimum atomic E-state index is -1.00. The van der Waals surface area contributed by atoms with Crippen LogP contribution in [0, 0.1) is 0 Å². The van der Waals surface area contributed by atoms with Gasteiger partial charge in [0, 0.05) is 16.4 Å². The molecule has 0 aliphatic heterocycles. The normalized spacial score (nSPS) is 10.2. The number of rotatable bonds is 4. The fourth-order valence-corrected chi connectivity index (χ4v) is 2.37. The van der Waals surface area contributed by atoms with Crippen LogP contribution >= 0.6 is 27.3 Å². The van der Waals surface area contributed by atoms with E-state index in [-0.39, 0.29) is 5.69 Å². The third-order valence-electron chi connectivity index (χ3n) is 2.11. The second kappa shape index (κ2) is 5.29. The third-order valence-corrected chi connectivity index (χ3v) is 3.68. The van der Waals surface area contributed by atoms with Gasteiger partial charge in [-0.1, -0.05) is 34.1 Å². The molecule has 2 rings (SSSR count). The summed E-state index contributed by atoms with van der Waals surface area (Å²) in [6, 6.07) is 7.84. The van der Waals surface area contributed by atoms with Gasteiger partial charge in [0.1, 0.15) is 0 Å². The molecule has 2 aromatic rings. The number of nitrogens with one attached hydrogen (secondary N) is 1. The SMILES string of the molecule is O=C(O)c1csc(NCc2ccccc2Br)n1. The van der Waals surface area contributed by atoms with Crippen molar-refractivity contribution in [2.75, 3.05) is 5.32 Å². The number of thiazole rings is 1. The van der Waals surface area contributed by atoms with E-state index in [0.717, 1.165) is 10.0 Å². The highest BCUT2D eigenvalue weighted by atomic mass is 79.9. The highest BCUT2D eigenvalue weighted by molar-refractivity contribution is 9.10. The molecule has 0 saturated carbocycles. The summed E-state index contributed by atoms with van der Waals surface area (Å²) < 4.78 is 1.02. The van der Waals surface area contributed by atoms with Crippen molar-refractivity contribution in [3.8, 4) is 0 Å². The van der Waals surface area contributed by atoms with Crippen molar-refractivity contribution in [2.45, 2.75) is 6.54 Å². The average Bonchev–Trinajstić information content (AvgIpc) is 2.77. The van der Waals surface area contributed by atoms with Crippen LogP contribution in [-0.2, 0) is 6.54 Å². The van der Waals surface area contributed by atoms with Crippen LogP contribution in [0.5, 0.6) is 0 Å². The Morgan fingerprint density at radius 1 is 1.47 bits per heavy atom. The molecule has 4 nitrogen and oxygen atoms in total. The molecule has 2 N–H and O–H groups in total. The van der Waals surface area contributed by atoms with Crippen LogP contribution < -0.4 is 5.32 Å². The molecule has 0 fully saturated rings. The number of anilines is 1. The summed E-state index contributed by atoms with van der Waals surface area (Å²) >= 11 is 4.73. The molecular weight excluding hydrogens is 304 g/mol. The van der Waals surface area contributed by atoms with Gasteiger partial charge >= 0.3 is 5.97 Å². The molecule has 0 aliphatic rings. The second-order valence-electron chi connectivity index (χ2n) is 3.29. The van der Waals surface area contributed by atoms with E-state index in [2.05, 4.69) is 26.2 Å². The minimum Gasteiger partial charge on any atom is -0.476 e. The molecule has 6 heteroatoms. The first-order chi connectivity index (χ1) is 8.16. The van der Waals surface area contributed by atoms with E-state index >= 15 is 0 Å². The summed E-state index contributed by atoms with van der Waals surface area (Å²) in [5, 5.41) is 14.0. The number of aromatic carboxylic acids is 1. The van der Waals surface area contributed by atoms with E-state index in [4.69, 9.17) is 5.11 Å². The molecule has 0 aliphatic carbocycles. The summed E-state index contributed by atoms with van der Waals surface area (Å²) in [6.07, 6.45) is 0. The molecular formula is C11H9BrN2O2S. The molecule has 1 aromatic heterocycles. The molecule has 0 saturated heterocycles. The van der Waals surface area contributed by atoms with Crippen LogP contribution in [0.4, 0.5) is 5.13 Å². The second-order valence-corrected chi connectivity index (χ2v) is 5.00. The van der Waals surface area contributed by atoms with Crippen LogP contribution in [0.3, 0.4) is 0 Å². The predicted molar refractivity (Wildman–Crippen MR) is 70.5 cm³/mol. The fraction of sp³-hybridized carbons (Fsp3) is 0.0909. The van der Waals surface area contributed by atoms with Crippen LogP contribution in [0.25, 0.3) is 0 Å². The van der Waals surface area contributed by atoms with Gasteiger partial charge in [-0.05, 0) is 11.6 Å². The van der Waals surface area contributed by atoms with E-state index in [0.29, 0.717) is 11.7 Å². The first-order valence-corrected chi connectivity index (χ1v) is 6.50. The largest absolute Gasteiger partial charge is 0.476 e. The van der Waals surface area contributed by atoms with Gasteiger partial charge in [0.05, 0.1) is 0 Å². The lowest BCUT2D eigenvalue weighted by atomic mass is 10.2. The Balaban J connectivity index is 2.02. The monoisotopic (exact) mass is 312 g/mol. The molecule has 0 amide bonds. The van der Waals surface area contributed by atoms with Crippen molar-refractivity contribution in [2.24, 2.45) is 0 Å². The zero-order valence-corrected chi connectivity index (χ0v) is 11.1. The number of carboxylic acids is 1. The van der Waals surface area contributed by atoms with Gasteiger partial charge in [-0.2, -0.15) is 0 Å². The third kappa shape index (κ3) is 3.04. The van der Waals surface area contributed by atoms with Crippen molar-refractivity contribution in [3.05, 3.63) is 45.4 Å². The summed E-state index contributed by atoms with van der Waals surface area (Å²) in [5.41, 5.74) is 1.17. The Labute approximate surface area is 110 Å². The molecule has 0 spiro atoms. The van der Waals surface area contributed by atoms with Gasteiger partial charge < -0.3 is 10.4 Å². The predicted octanol–water partition coefficient (Wildman–Crippen LogP) is 3.22. The minimum absolute atomic E-state index is 0.0737. The van der Waals surface area contributed by atoms with Crippen LogP contribution in [-0.4, -0.2) is 16.1 Å². The first kappa shape index (κ1) is 12.1. The quantitative estimate of drug-likeness (QED) is 0.910. The highest BCUT2D eigenvalue weighted by Crippen LogP contribution is 2.20. The molecule has 88 valence electrons. The number of halogens is 1. The van der Waals surface area contributed by atoms with E-state index in [9.17, 15) is 4.79 Å². The van der Waals surface area contributed by atoms with Gasteiger partial charge in [-0.3, -0.25) is 0 Å². The number of hydrogen-bond donors (Lipinski definition) is 2. The van der Waals surface area contributed by atoms with Crippen LogP contribution in [0.2, 0.25) is 0 Å². The maximum atomic E-state index is 10.7. The molecule has 0 bridgehead atoms. The number of carboxylic acid groups (broad SMARTS) is 1. The van der Waals surface area contributed by atoms with Gasteiger partial charge in [0.15, 0.2) is 10.8 Å². The number of benzene rings is 1. The molecule has 1 aromatic carbocycles. The zero-order valence-electron chi connectivity index (χ0n) is 8.68. The topological polar surface area (TPSA) is 62.2 Å². The van der Waals surface area contributed by atoms with Gasteiger partial charge in [-0.25, -0.2) is 9.78 Å². The van der Waals surface area contributed by atoms with Gasteiger partial charge in [-0.15, -0.1) is 11.3 Å². The highest BCUT2D eigenvalue weighted by Gasteiger charge is 2.08. The Hall–Kier alpha value is -1.40. The maximum Gasteiger partial charge on any atom is 0.355 e. The van der Waals surface area contributed by atoms with E-state index < -0.39 is 5.97 Å². The van der Waals surface area contributed by atoms with Crippen molar-refractivity contribution >= 4 is 38.4 Å². The Kier molecular flexibility index (Phi) is 3.75. The van der Waals surface area contributed by atoms with E-state index in [1.807, 2.05) is 24.3 Å². The van der Waals surface area contributed by atoms with Crippen LogP contribution in [0.1, 0.15) is 16.1 Å². The van der Waals surface area contributed by atoms with E-state index in [1.54, 1.807) is 0 Å². The van der Waals surface area contributed by atoms with Crippen molar-refractivity contribution in [3.63, 3.8) is 0 Å². The van der Waals surface area contributed by atoms with Crippen molar-refractivity contribution < 1.29 is 9.90 Å². The number of carbonyl (C=O) groups is 1. The van der Waals surface area contributed by atoms with Gasteiger partial charge in [0.2, 0.25) is 0 Å². The van der Waals surface area contributed by atoms with Gasteiger partial charge in [0.25, 0.3) is 0 Å². The number of aromatic nitrogens is 1. The lowest BCUT2D eigenvalue weighted by Crippen LogP contribution is -2.01. The maximum absolute atomic E-state index is 10.7. The number of nitrogens with zero attached hydrogens (tertiary/aromatic N) is 1. The molecule has 17 heavy (non-hydrogen) atoms. The summed E-state index contributed by atoms with van der Waals surface area (Å²) in [5.74, 6) is -1.00. The fourth-order valence-electron chi connectivity index (χ4n) is 1.27. The Morgan fingerprint density at radius 2 is 2.24 bits per heavy atom. The smallest absolute Gasteiger partial charge is 0.355 e. The lowest BCUT2D eigenvalue weighted by Gasteiger charge is -2.04. The Bertz CT molecular complexity index is 542.